The van der Waals surface area contributed by atoms with E-state index in [-0.39, 0.29) is 6.10 Å². The van der Waals surface area contributed by atoms with Gasteiger partial charge in [-0.25, -0.2) is 4.98 Å². The Balaban J connectivity index is 1.37. The van der Waals surface area contributed by atoms with Crippen LogP contribution in [-0.4, -0.2) is 66.8 Å². The second-order valence-corrected chi connectivity index (χ2v) is 8.98. The van der Waals surface area contributed by atoms with E-state index >= 15 is 0 Å². The Hall–Kier alpha value is -3.79. The summed E-state index contributed by atoms with van der Waals surface area (Å²) in [5.74, 6) is 1.57. The number of hydrogen-bond acceptors (Lipinski definition) is 9. The Kier molecular flexibility index (Phi) is 7.22. The van der Waals surface area contributed by atoms with Gasteiger partial charge in [0.25, 0.3) is 0 Å². The standard InChI is InChI=1S/C27H31N7O2/c1-34(2)13-15-35-20-10-11-23(30-16-20)21-4-3-5-22-25(21)32-27(33-26(22)28)31-19-8-6-18(7-9-19)24-17-29-12-14-36-24/h3-11,16,24,29H,12-15,17H2,1-2H3,(H3,28,31,32,33). The number of anilines is 3. The third-order valence-corrected chi connectivity index (χ3v) is 6.04. The SMILES string of the molecule is CN(C)CCOc1ccc(-c2cccc3c(N)nc(Nc4ccc(C5CNCCO5)cc4)nc23)nc1. The largest absolute Gasteiger partial charge is 0.491 e. The third-order valence-electron chi connectivity index (χ3n) is 6.04. The van der Waals surface area contributed by atoms with Gasteiger partial charge in [-0.1, -0.05) is 24.3 Å². The Morgan fingerprint density at radius 3 is 2.69 bits per heavy atom. The molecule has 9 heteroatoms. The number of nitrogens with one attached hydrogen (secondary N) is 2. The monoisotopic (exact) mass is 485 g/mol. The van der Waals surface area contributed by atoms with E-state index in [2.05, 4.69) is 37.6 Å². The van der Waals surface area contributed by atoms with Crippen molar-refractivity contribution in [2.45, 2.75) is 6.10 Å². The van der Waals surface area contributed by atoms with Gasteiger partial charge in [-0.15, -0.1) is 0 Å². The molecule has 1 aliphatic heterocycles. The van der Waals surface area contributed by atoms with E-state index in [1.165, 1.54) is 0 Å². The number of rotatable bonds is 8. The number of ether oxygens (including phenoxy) is 2. The smallest absolute Gasteiger partial charge is 0.229 e. The molecule has 0 spiro atoms. The minimum absolute atomic E-state index is 0.0696. The average molecular weight is 486 g/mol. The lowest BCUT2D eigenvalue weighted by Gasteiger charge is -2.24. The fourth-order valence-corrected chi connectivity index (χ4v) is 4.10. The third kappa shape index (κ3) is 5.54. The molecule has 3 heterocycles. The van der Waals surface area contributed by atoms with E-state index in [1.807, 2.05) is 56.6 Å². The van der Waals surface area contributed by atoms with Crippen molar-refractivity contribution >= 4 is 28.4 Å². The van der Waals surface area contributed by atoms with E-state index in [0.717, 1.165) is 65.4 Å². The van der Waals surface area contributed by atoms with Crippen LogP contribution in [0.4, 0.5) is 17.5 Å². The van der Waals surface area contributed by atoms with E-state index in [0.29, 0.717) is 18.4 Å². The normalized spacial score (nSPS) is 15.8. The van der Waals surface area contributed by atoms with Crippen LogP contribution < -0.4 is 21.1 Å². The zero-order chi connectivity index (χ0) is 24.9. The Morgan fingerprint density at radius 2 is 1.97 bits per heavy atom. The first kappa shape index (κ1) is 23.9. The van der Waals surface area contributed by atoms with Gasteiger partial charge in [0.1, 0.15) is 18.2 Å². The van der Waals surface area contributed by atoms with Gasteiger partial charge in [0.15, 0.2) is 0 Å². The lowest BCUT2D eigenvalue weighted by atomic mass is 10.1. The van der Waals surface area contributed by atoms with Crippen molar-refractivity contribution in [3.8, 4) is 17.0 Å². The summed E-state index contributed by atoms with van der Waals surface area (Å²) in [6.45, 7) is 3.87. The summed E-state index contributed by atoms with van der Waals surface area (Å²) in [5.41, 5.74) is 10.7. The quantitative estimate of drug-likeness (QED) is 0.345. The van der Waals surface area contributed by atoms with Crippen LogP contribution in [0.1, 0.15) is 11.7 Å². The second-order valence-electron chi connectivity index (χ2n) is 8.98. The molecule has 0 bridgehead atoms. The molecule has 2 aromatic carbocycles. The molecule has 0 amide bonds. The van der Waals surface area contributed by atoms with Crippen LogP contribution in [-0.2, 0) is 4.74 Å². The molecule has 36 heavy (non-hydrogen) atoms. The van der Waals surface area contributed by atoms with Crippen LogP contribution >= 0.6 is 0 Å². The molecular formula is C27H31N7O2. The van der Waals surface area contributed by atoms with Gasteiger partial charge in [-0.2, -0.15) is 4.98 Å². The number of benzene rings is 2. The number of fused-ring (bicyclic) bond motifs is 1. The van der Waals surface area contributed by atoms with Crippen LogP contribution in [0.3, 0.4) is 0 Å². The Bertz CT molecular complexity index is 1300. The van der Waals surface area contributed by atoms with Crippen molar-refractivity contribution in [3.05, 3.63) is 66.4 Å². The maximum absolute atomic E-state index is 6.32. The van der Waals surface area contributed by atoms with Crippen molar-refractivity contribution in [2.24, 2.45) is 0 Å². The number of likely N-dealkylation sites (N-methyl/N-ethyl adjacent to an activating group) is 1. The number of hydrogen-bond donors (Lipinski definition) is 3. The summed E-state index contributed by atoms with van der Waals surface area (Å²) in [6.07, 6.45) is 1.81. The summed E-state index contributed by atoms with van der Waals surface area (Å²) in [6, 6.07) is 17.8. The molecule has 2 aromatic heterocycles. The fourth-order valence-electron chi connectivity index (χ4n) is 4.10. The van der Waals surface area contributed by atoms with Crippen LogP contribution in [0, 0.1) is 0 Å². The maximum atomic E-state index is 6.32. The first-order valence-corrected chi connectivity index (χ1v) is 12.1. The Morgan fingerprint density at radius 1 is 1.11 bits per heavy atom. The molecule has 1 saturated heterocycles. The zero-order valence-corrected chi connectivity index (χ0v) is 20.6. The van der Waals surface area contributed by atoms with Gasteiger partial charge < -0.3 is 30.7 Å². The van der Waals surface area contributed by atoms with Crippen molar-refractivity contribution in [3.63, 3.8) is 0 Å². The highest BCUT2D eigenvalue weighted by atomic mass is 16.5. The highest BCUT2D eigenvalue weighted by Crippen LogP contribution is 2.31. The first-order chi connectivity index (χ1) is 17.6. The first-order valence-electron chi connectivity index (χ1n) is 12.1. The molecule has 0 radical (unpaired) electrons. The van der Waals surface area contributed by atoms with Crippen molar-refractivity contribution in [1.29, 1.82) is 0 Å². The van der Waals surface area contributed by atoms with Crippen molar-refractivity contribution < 1.29 is 9.47 Å². The molecule has 5 rings (SSSR count). The Labute approximate surface area is 210 Å². The van der Waals surface area contributed by atoms with Crippen LogP contribution in [0.15, 0.2) is 60.8 Å². The lowest BCUT2D eigenvalue weighted by Crippen LogP contribution is -2.33. The number of nitrogen functional groups attached to an aromatic ring is 1. The molecule has 0 saturated carbocycles. The van der Waals surface area contributed by atoms with Gasteiger partial charge in [-0.05, 0) is 50.0 Å². The number of para-hydroxylation sites is 1. The number of pyridine rings is 1. The predicted octanol–water partition coefficient (Wildman–Crippen LogP) is 3.62. The van der Waals surface area contributed by atoms with E-state index in [4.69, 9.17) is 20.2 Å². The van der Waals surface area contributed by atoms with Crippen LogP contribution in [0.5, 0.6) is 5.75 Å². The number of nitrogens with two attached hydrogens (primary N) is 1. The van der Waals surface area contributed by atoms with Crippen molar-refractivity contribution in [2.75, 3.05) is 58.0 Å². The molecule has 1 atom stereocenters. The minimum atomic E-state index is 0.0696. The maximum Gasteiger partial charge on any atom is 0.229 e. The molecule has 1 fully saturated rings. The molecule has 186 valence electrons. The summed E-state index contributed by atoms with van der Waals surface area (Å²) in [5, 5.41) is 7.42. The molecule has 4 N–H and O–H groups in total. The average Bonchev–Trinajstić information content (AvgIpc) is 2.90. The summed E-state index contributed by atoms with van der Waals surface area (Å²) in [4.78, 5) is 16.0. The second kappa shape index (κ2) is 10.9. The number of aromatic nitrogens is 3. The van der Waals surface area contributed by atoms with Gasteiger partial charge in [-0.3, -0.25) is 4.98 Å². The minimum Gasteiger partial charge on any atom is -0.491 e. The van der Waals surface area contributed by atoms with Gasteiger partial charge in [0.05, 0.1) is 30.1 Å². The highest BCUT2D eigenvalue weighted by molar-refractivity contribution is 5.98. The number of nitrogens with zero attached hydrogens (tertiary/aromatic N) is 4. The fraction of sp³-hybridized carbons (Fsp3) is 0.296. The van der Waals surface area contributed by atoms with Gasteiger partial charge in [0.2, 0.25) is 5.95 Å². The zero-order valence-electron chi connectivity index (χ0n) is 20.6. The van der Waals surface area contributed by atoms with Crippen LogP contribution in [0.25, 0.3) is 22.2 Å². The molecule has 1 unspecified atom stereocenters. The van der Waals surface area contributed by atoms with Crippen molar-refractivity contribution in [1.82, 2.24) is 25.2 Å². The molecule has 4 aromatic rings. The summed E-state index contributed by atoms with van der Waals surface area (Å²) >= 11 is 0. The summed E-state index contributed by atoms with van der Waals surface area (Å²) in [7, 11) is 4.03. The van der Waals surface area contributed by atoms with E-state index in [1.54, 1.807) is 6.20 Å². The molecule has 9 nitrogen and oxygen atoms in total. The van der Waals surface area contributed by atoms with E-state index < -0.39 is 0 Å². The van der Waals surface area contributed by atoms with Crippen LogP contribution in [0.2, 0.25) is 0 Å². The topological polar surface area (TPSA) is 110 Å². The number of morpholine rings is 1. The van der Waals surface area contributed by atoms with E-state index in [9.17, 15) is 0 Å². The highest BCUT2D eigenvalue weighted by Gasteiger charge is 2.16. The summed E-state index contributed by atoms with van der Waals surface area (Å²) < 4.78 is 11.6. The molecule has 1 aliphatic rings. The molecule has 0 aliphatic carbocycles. The van der Waals surface area contributed by atoms with Gasteiger partial charge in [0, 0.05) is 36.3 Å². The molecular weight excluding hydrogens is 454 g/mol. The lowest BCUT2D eigenvalue weighted by molar-refractivity contribution is 0.0277. The predicted molar refractivity (Wildman–Crippen MR) is 143 cm³/mol. The van der Waals surface area contributed by atoms with Gasteiger partial charge >= 0.3 is 0 Å².